The number of carbonyl (C=O) groups excluding carboxylic acids is 3. The Morgan fingerprint density at radius 1 is 1.12 bits per heavy atom. The van der Waals surface area contributed by atoms with Crippen LogP contribution < -0.4 is 0 Å². The van der Waals surface area contributed by atoms with Gasteiger partial charge in [0.2, 0.25) is 0 Å². The Morgan fingerprint density at radius 2 is 1.85 bits per heavy atom. The average Bonchev–Trinajstić information content (AvgIpc) is 3.32. The predicted octanol–water partition coefficient (Wildman–Crippen LogP) is 5.42. The average molecular weight is 451 g/mol. The lowest BCUT2D eigenvalue weighted by Gasteiger charge is -2.66. The van der Waals surface area contributed by atoms with Crippen LogP contribution in [0.2, 0.25) is 0 Å². The summed E-state index contributed by atoms with van der Waals surface area (Å²) in [5, 5.41) is 0. The Labute approximate surface area is 195 Å². The van der Waals surface area contributed by atoms with Gasteiger partial charge >= 0.3 is 5.97 Å². The third-order valence-corrected chi connectivity index (χ3v) is 9.99. The number of hydrogen-bond acceptors (Lipinski definition) is 5. The number of hydrogen-bond donors (Lipinski definition) is 0. The van der Waals surface area contributed by atoms with Gasteiger partial charge in [-0.2, -0.15) is 0 Å². The SMILES string of the molecule is CC(=O)O[C@@H]1CC2C(C)(C)C(=O)C=C[C@]2(C)C2CC[C@]3(C)C(=CC(=O)[C@H]3c3ccoc3)[C@@]21C. The Bertz CT molecular complexity index is 1090. The summed E-state index contributed by atoms with van der Waals surface area (Å²) in [6.45, 7) is 12.1. The van der Waals surface area contributed by atoms with Gasteiger partial charge < -0.3 is 9.15 Å². The summed E-state index contributed by atoms with van der Waals surface area (Å²) in [5.41, 5.74) is 0.363. The zero-order valence-electron chi connectivity index (χ0n) is 20.4. The molecule has 5 heteroatoms. The van der Waals surface area contributed by atoms with Crippen LogP contribution >= 0.6 is 0 Å². The molecule has 0 aromatic carbocycles. The van der Waals surface area contributed by atoms with Crippen molar-refractivity contribution in [2.45, 2.75) is 72.8 Å². The van der Waals surface area contributed by atoms with Crippen molar-refractivity contribution < 1.29 is 23.5 Å². The first kappa shape index (κ1) is 22.4. The first-order chi connectivity index (χ1) is 15.4. The van der Waals surface area contributed by atoms with Gasteiger partial charge in [0.05, 0.1) is 18.4 Å². The quantitative estimate of drug-likeness (QED) is 0.563. The second-order valence-corrected chi connectivity index (χ2v) is 11.9. The van der Waals surface area contributed by atoms with Gasteiger partial charge in [0.1, 0.15) is 6.10 Å². The van der Waals surface area contributed by atoms with Crippen LogP contribution in [0.25, 0.3) is 0 Å². The fraction of sp³-hybridized carbons (Fsp3) is 0.607. The first-order valence-electron chi connectivity index (χ1n) is 12.1. The minimum absolute atomic E-state index is 0.0525. The largest absolute Gasteiger partial charge is 0.472 e. The number of ether oxygens (including phenoxy) is 1. The highest BCUT2D eigenvalue weighted by Gasteiger charge is 2.69. The van der Waals surface area contributed by atoms with E-state index in [1.165, 1.54) is 6.92 Å². The number of carbonyl (C=O) groups is 3. The summed E-state index contributed by atoms with van der Waals surface area (Å²) in [6, 6.07) is 1.89. The second kappa shape index (κ2) is 6.80. The third kappa shape index (κ3) is 2.74. The molecule has 1 aromatic heterocycles. The van der Waals surface area contributed by atoms with Gasteiger partial charge in [-0.3, -0.25) is 14.4 Å². The van der Waals surface area contributed by atoms with E-state index in [9.17, 15) is 14.4 Å². The van der Waals surface area contributed by atoms with E-state index in [4.69, 9.17) is 9.15 Å². The number of furan rings is 1. The molecule has 0 aliphatic heterocycles. The molecule has 5 rings (SSSR count). The van der Waals surface area contributed by atoms with E-state index in [2.05, 4.69) is 26.8 Å². The maximum absolute atomic E-state index is 13.4. The van der Waals surface area contributed by atoms with E-state index in [0.717, 1.165) is 24.0 Å². The summed E-state index contributed by atoms with van der Waals surface area (Å²) in [6.07, 6.45) is 11.0. The maximum Gasteiger partial charge on any atom is 0.302 e. The van der Waals surface area contributed by atoms with Crippen molar-refractivity contribution in [3.8, 4) is 0 Å². The Balaban J connectivity index is 1.68. The molecular weight excluding hydrogens is 416 g/mol. The third-order valence-electron chi connectivity index (χ3n) is 9.99. The lowest BCUT2D eigenvalue weighted by molar-refractivity contribution is -0.187. The van der Waals surface area contributed by atoms with Gasteiger partial charge in [-0.15, -0.1) is 0 Å². The molecule has 5 nitrogen and oxygen atoms in total. The molecular formula is C28H34O5. The molecule has 2 unspecified atom stereocenters. The van der Waals surface area contributed by atoms with Crippen molar-refractivity contribution in [3.63, 3.8) is 0 Å². The van der Waals surface area contributed by atoms with E-state index < -0.39 is 16.9 Å². The summed E-state index contributed by atoms with van der Waals surface area (Å²) in [7, 11) is 0. The molecule has 2 fully saturated rings. The van der Waals surface area contributed by atoms with Gasteiger partial charge in [-0.05, 0) is 60.3 Å². The highest BCUT2D eigenvalue weighted by atomic mass is 16.5. The zero-order chi connectivity index (χ0) is 24.0. The molecule has 0 spiro atoms. The van der Waals surface area contributed by atoms with Gasteiger partial charge in [0.25, 0.3) is 0 Å². The van der Waals surface area contributed by atoms with Crippen LogP contribution in [0.4, 0.5) is 0 Å². The van der Waals surface area contributed by atoms with Crippen LogP contribution in [-0.4, -0.2) is 23.6 Å². The molecule has 0 saturated heterocycles. The normalized spacial score (nSPS) is 43.4. The fourth-order valence-corrected chi connectivity index (χ4v) is 8.44. The number of ketones is 2. The number of rotatable bonds is 2. The van der Waals surface area contributed by atoms with Gasteiger partial charge in [0.15, 0.2) is 11.6 Å². The maximum atomic E-state index is 13.4. The van der Waals surface area contributed by atoms with Crippen molar-refractivity contribution in [3.05, 3.63) is 48.0 Å². The highest BCUT2D eigenvalue weighted by Crippen LogP contribution is 2.72. The minimum atomic E-state index is -0.539. The Hall–Kier alpha value is -2.43. The molecule has 1 heterocycles. The van der Waals surface area contributed by atoms with Crippen LogP contribution in [0.15, 0.2) is 46.8 Å². The highest BCUT2D eigenvalue weighted by molar-refractivity contribution is 6.01. The molecule has 7 atom stereocenters. The lowest BCUT2D eigenvalue weighted by atomic mass is 9.38. The standard InChI is InChI=1S/C28H34O5/c1-16(29)33-23-14-20-25(2,3)22(31)8-11-26(20,4)19-7-10-27(5)21(28(19,23)6)13-18(30)24(27)17-9-12-32-15-17/h8-9,11-13,15,19-20,23-24H,7,10,14H2,1-6H3/t19?,20?,23-,24-,26-,27-,28-/m1/s1. The van der Waals surface area contributed by atoms with E-state index in [1.54, 1.807) is 18.6 Å². The van der Waals surface area contributed by atoms with E-state index >= 15 is 0 Å². The molecule has 0 radical (unpaired) electrons. The van der Waals surface area contributed by atoms with Crippen LogP contribution in [0.5, 0.6) is 0 Å². The molecule has 4 aliphatic carbocycles. The number of esters is 1. The summed E-state index contributed by atoms with van der Waals surface area (Å²) in [4.78, 5) is 38.6. The van der Waals surface area contributed by atoms with Crippen molar-refractivity contribution in [1.82, 2.24) is 0 Å². The van der Waals surface area contributed by atoms with Crippen LogP contribution in [0.1, 0.15) is 72.3 Å². The Morgan fingerprint density at radius 3 is 2.48 bits per heavy atom. The summed E-state index contributed by atoms with van der Waals surface area (Å²) >= 11 is 0. The molecule has 176 valence electrons. The molecule has 0 N–H and O–H groups in total. The number of fused-ring (bicyclic) bond motifs is 5. The van der Waals surface area contributed by atoms with Crippen molar-refractivity contribution in [1.29, 1.82) is 0 Å². The molecule has 1 aromatic rings. The van der Waals surface area contributed by atoms with E-state index in [-0.39, 0.29) is 46.1 Å². The topological polar surface area (TPSA) is 73.6 Å². The monoisotopic (exact) mass is 450 g/mol. The molecule has 0 bridgehead atoms. The first-order valence-corrected chi connectivity index (χ1v) is 12.1. The van der Waals surface area contributed by atoms with Crippen molar-refractivity contribution in [2.24, 2.45) is 33.5 Å². The second-order valence-electron chi connectivity index (χ2n) is 11.9. The smallest absolute Gasteiger partial charge is 0.302 e. The van der Waals surface area contributed by atoms with Crippen LogP contribution in [-0.2, 0) is 19.1 Å². The summed E-state index contributed by atoms with van der Waals surface area (Å²) in [5.74, 6) is -0.177. The summed E-state index contributed by atoms with van der Waals surface area (Å²) < 4.78 is 11.4. The van der Waals surface area contributed by atoms with Crippen LogP contribution in [0, 0.1) is 33.5 Å². The fourth-order valence-electron chi connectivity index (χ4n) is 8.44. The van der Waals surface area contributed by atoms with Gasteiger partial charge in [0, 0.05) is 28.7 Å². The molecule has 33 heavy (non-hydrogen) atoms. The van der Waals surface area contributed by atoms with Crippen LogP contribution in [0.3, 0.4) is 0 Å². The van der Waals surface area contributed by atoms with E-state index in [0.29, 0.717) is 6.42 Å². The molecule has 2 saturated carbocycles. The molecule has 0 amide bonds. The molecule has 4 aliphatic rings. The van der Waals surface area contributed by atoms with Crippen molar-refractivity contribution in [2.75, 3.05) is 0 Å². The van der Waals surface area contributed by atoms with Crippen molar-refractivity contribution >= 4 is 17.5 Å². The zero-order valence-corrected chi connectivity index (χ0v) is 20.4. The van der Waals surface area contributed by atoms with Gasteiger partial charge in [-0.1, -0.05) is 40.7 Å². The Kier molecular flexibility index (Phi) is 4.61. The predicted molar refractivity (Wildman–Crippen MR) is 123 cm³/mol. The minimum Gasteiger partial charge on any atom is -0.472 e. The number of allylic oxidation sites excluding steroid dienone is 3. The van der Waals surface area contributed by atoms with E-state index in [1.807, 2.05) is 26.0 Å². The van der Waals surface area contributed by atoms with Gasteiger partial charge in [-0.25, -0.2) is 0 Å². The lowest BCUT2D eigenvalue weighted by Crippen LogP contribution is -2.64.